The maximum absolute atomic E-state index is 13.1. The molecule has 1 aromatic rings. The van der Waals surface area contributed by atoms with Crippen LogP contribution < -0.4 is 15.5 Å². The third kappa shape index (κ3) is 3.71. The number of piperidine rings is 1. The van der Waals surface area contributed by atoms with E-state index in [0.717, 1.165) is 36.6 Å². The van der Waals surface area contributed by atoms with Crippen LogP contribution in [-0.2, 0) is 4.79 Å². The van der Waals surface area contributed by atoms with Crippen LogP contribution in [0.15, 0.2) is 35.5 Å². The Morgan fingerprint density at radius 3 is 2.43 bits per heavy atom. The van der Waals surface area contributed by atoms with E-state index in [1.807, 2.05) is 48.2 Å². The van der Waals surface area contributed by atoms with Crippen molar-refractivity contribution < 1.29 is 9.59 Å². The summed E-state index contributed by atoms with van der Waals surface area (Å²) in [6.45, 7) is 4.33. The minimum atomic E-state index is -0.396. The van der Waals surface area contributed by atoms with Gasteiger partial charge in [-0.2, -0.15) is 0 Å². The molecule has 28 heavy (non-hydrogen) atoms. The van der Waals surface area contributed by atoms with Crippen LogP contribution >= 0.6 is 0 Å². The number of nitrogens with one attached hydrogen (secondary N) is 2. The zero-order valence-electron chi connectivity index (χ0n) is 16.7. The Kier molecular flexibility index (Phi) is 5.26. The highest BCUT2D eigenvalue weighted by atomic mass is 16.2. The standard InChI is InChI=1S/C21H29N5O2/c1-24(2)16-8-6-15(7-9-16)19-18-17(22-21(28)23-19)14-26(20(18)27)13-12-25-10-4-3-5-11-25/h6-9,19H,3-5,10-14H2,1-2H3,(H2,22,23,28)/t19-/m0/s1. The lowest BCUT2D eigenvalue weighted by Crippen LogP contribution is -2.44. The van der Waals surface area contributed by atoms with Crippen molar-refractivity contribution in [3.8, 4) is 0 Å². The molecule has 0 unspecified atom stereocenters. The van der Waals surface area contributed by atoms with Gasteiger partial charge in [-0.25, -0.2) is 4.79 Å². The summed E-state index contributed by atoms with van der Waals surface area (Å²) in [6, 6.07) is 7.35. The number of amides is 3. The average molecular weight is 383 g/mol. The summed E-state index contributed by atoms with van der Waals surface area (Å²) in [6.07, 6.45) is 3.79. The second kappa shape index (κ2) is 7.83. The lowest BCUT2D eigenvalue weighted by Gasteiger charge is -2.28. The molecule has 3 heterocycles. The van der Waals surface area contributed by atoms with Crippen molar-refractivity contribution in [2.24, 2.45) is 0 Å². The lowest BCUT2D eigenvalue weighted by atomic mass is 9.96. The number of nitrogens with zero attached hydrogens (tertiary/aromatic N) is 3. The number of benzene rings is 1. The van der Waals surface area contributed by atoms with Crippen molar-refractivity contribution in [1.82, 2.24) is 20.4 Å². The maximum Gasteiger partial charge on any atom is 0.319 e. The van der Waals surface area contributed by atoms with Crippen LogP contribution in [0, 0.1) is 0 Å². The van der Waals surface area contributed by atoms with Gasteiger partial charge in [0.25, 0.3) is 5.91 Å². The van der Waals surface area contributed by atoms with E-state index in [2.05, 4.69) is 15.5 Å². The molecule has 7 heteroatoms. The minimum absolute atomic E-state index is 0.0289. The summed E-state index contributed by atoms with van der Waals surface area (Å²) in [7, 11) is 3.98. The number of anilines is 1. The highest BCUT2D eigenvalue weighted by Gasteiger charge is 2.40. The van der Waals surface area contributed by atoms with E-state index in [4.69, 9.17) is 0 Å². The van der Waals surface area contributed by atoms with E-state index in [-0.39, 0.29) is 11.9 Å². The first-order valence-electron chi connectivity index (χ1n) is 10.1. The van der Waals surface area contributed by atoms with Crippen molar-refractivity contribution in [2.75, 3.05) is 51.7 Å². The van der Waals surface area contributed by atoms with Gasteiger partial charge in [-0.1, -0.05) is 18.6 Å². The first-order chi connectivity index (χ1) is 13.5. The van der Waals surface area contributed by atoms with Crippen LogP contribution in [0.4, 0.5) is 10.5 Å². The molecule has 3 aliphatic heterocycles. The molecule has 0 bridgehead atoms. The van der Waals surface area contributed by atoms with Crippen molar-refractivity contribution in [1.29, 1.82) is 0 Å². The van der Waals surface area contributed by atoms with Crippen LogP contribution in [0.2, 0.25) is 0 Å². The predicted molar refractivity (Wildman–Crippen MR) is 109 cm³/mol. The highest BCUT2D eigenvalue weighted by molar-refractivity contribution is 6.01. The van der Waals surface area contributed by atoms with E-state index in [1.54, 1.807) is 0 Å². The zero-order chi connectivity index (χ0) is 19.7. The molecule has 7 nitrogen and oxygen atoms in total. The Balaban J connectivity index is 1.49. The molecule has 1 atom stereocenters. The molecule has 1 aromatic carbocycles. The Labute approximate surface area is 166 Å². The van der Waals surface area contributed by atoms with E-state index >= 15 is 0 Å². The van der Waals surface area contributed by atoms with Gasteiger partial charge in [-0.05, 0) is 43.6 Å². The molecule has 0 spiro atoms. The normalized spacial score (nSPS) is 22.8. The van der Waals surface area contributed by atoms with Crippen LogP contribution in [0.5, 0.6) is 0 Å². The van der Waals surface area contributed by atoms with Crippen molar-refractivity contribution in [2.45, 2.75) is 25.3 Å². The number of likely N-dealkylation sites (tertiary alicyclic amines) is 1. The van der Waals surface area contributed by atoms with Crippen LogP contribution in [0.1, 0.15) is 30.9 Å². The molecule has 0 saturated carbocycles. The number of carbonyl (C=O) groups excluding carboxylic acids is 2. The Morgan fingerprint density at radius 2 is 1.75 bits per heavy atom. The predicted octanol–water partition coefficient (Wildman–Crippen LogP) is 1.69. The summed E-state index contributed by atoms with van der Waals surface area (Å²) in [5.41, 5.74) is 3.43. The van der Waals surface area contributed by atoms with E-state index in [0.29, 0.717) is 18.7 Å². The van der Waals surface area contributed by atoms with Gasteiger partial charge in [0.15, 0.2) is 0 Å². The number of urea groups is 1. The first-order valence-corrected chi connectivity index (χ1v) is 10.1. The molecule has 2 N–H and O–H groups in total. The monoisotopic (exact) mass is 383 g/mol. The molecule has 1 saturated heterocycles. The van der Waals surface area contributed by atoms with Crippen LogP contribution in [-0.4, -0.2) is 68.6 Å². The fraction of sp³-hybridized carbons (Fsp3) is 0.524. The van der Waals surface area contributed by atoms with Crippen LogP contribution in [0.25, 0.3) is 0 Å². The maximum atomic E-state index is 13.1. The van der Waals surface area contributed by atoms with E-state index in [1.165, 1.54) is 19.3 Å². The first kappa shape index (κ1) is 18.8. The largest absolute Gasteiger partial charge is 0.378 e. The lowest BCUT2D eigenvalue weighted by molar-refractivity contribution is -0.126. The van der Waals surface area contributed by atoms with Gasteiger partial charge < -0.3 is 25.3 Å². The number of rotatable bonds is 5. The third-order valence-corrected chi connectivity index (χ3v) is 5.90. The Hall–Kier alpha value is -2.54. The molecule has 150 valence electrons. The summed E-state index contributed by atoms with van der Waals surface area (Å²) >= 11 is 0. The van der Waals surface area contributed by atoms with Crippen molar-refractivity contribution in [3.05, 3.63) is 41.1 Å². The van der Waals surface area contributed by atoms with Gasteiger partial charge >= 0.3 is 6.03 Å². The highest BCUT2D eigenvalue weighted by Crippen LogP contribution is 2.33. The second-order valence-electron chi connectivity index (χ2n) is 8.04. The third-order valence-electron chi connectivity index (χ3n) is 5.90. The fourth-order valence-electron chi connectivity index (χ4n) is 4.27. The van der Waals surface area contributed by atoms with Gasteiger partial charge in [0.1, 0.15) is 0 Å². The smallest absolute Gasteiger partial charge is 0.319 e. The van der Waals surface area contributed by atoms with E-state index in [9.17, 15) is 9.59 Å². The molecular weight excluding hydrogens is 354 g/mol. The summed E-state index contributed by atoms with van der Waals surface area (Å²) in [4.78, 5) is 31.6. The van der Waals surface area contributed by atoms with Crippen molar-refractivity contribution >= 4 is 17.6 Å². The van der Waals surface area contributed by atoms with Crippen LogP contribution in [0.3, 0.4) is 0 Å². The molecule has 0 aromatic heterocycles. The second-order valence-corrected chi connectivity index (χ2v) is 8.04. The van der Waals surface area contributed by atoms with Gasteiger partial charge in [0.05, 0.1) is 23.9 Å². The fourth-order valence-corrected chi connectivity index (χ4v) is 4.27. The molecule has 1 fully saturated rings. The van der Waals surface area contributed by atoms with E-state index < -0.39 is 6.04 Å². The molecule has 3 amide bonds. The number of hydrogen-bond acceptors (Lipinski definition) is 4. The summed E-state index contributed by atoms with van der Waals surface area (Å²) in [5.74, 6) is 0.0289. The van der Waals surface area contributed by atoms with Gasteiger partial charge in [0, 0.05) is 32.9 Å². The molecular formula is C21H29N5O2. The molecule has 4 rings (SSSR count). The topological polar surface area (TPSA) is 67.9 Å². The minimum Gasteiger partial charge on any atom is -0.378 e. The van der Waals surface area contributed by atoms with Gasteiger partial charge in [-0.15, -0.1) is 0 Å². The van der Waals surface area contributed by atoms with Crippen molar-refractivity contribution in [3.63, 3.8) is 0 Å². The summed E-state index contributed by atoms with van der Waals surface area (Å²) in [5, 5.41) is 5.78. The molecule has 0 radical (unpaired) electrons. The average Bonchev–Trinajstić information content (AvgIpc) is 3.02. The Bertz CT molecular complexity index is 780. The number of hydrogen-bond donors (Lipinski definition) is 2. The van der Waals surface area contributed by atoms with Gasteiger partial charge in [-0.3, -0.25) is 4.79 Å². The quantitative estimate of drug-likeness (QED) is 0.812. The Morgan fingerprint density at radius 1 is 1.04 bits per heavy atom. The summed E-state index contributed by atoms with van der Waals surface area (Å²) < 4.78 is 0. The molecule has 0 aliphatic carbocycles. The molecule has 3 aliphatic rings. The zero-order valence-corrected chi connectivity index (χ0v) is 16.7. The number of carbonyl (C=O) groups is 2. The SMILES string of the molecule is CN(C)c1ccc([C@@H]2NC(=O)NC3=C2C(=O)N(CCN2CCCCC2)C3)cc1. The van der Waals surface area contributed by atoms with Gasteiger partial charge in [0.2, 0.25) is 0 Å².